The predicted octanol–water partition coefficient (Wildman–Crippen LogP) is 1.31. The number of hydrogen-bond donors (Lipinski definition) is 1. The molecule has 0 atom stereocenters. The predicted molar refractivity (Wildman–Crippen MR) is 68.4 cm³/mol. The van der Waals surface area contributed by atoms with E-state index in [0.717, 1.165) is 24.1 Å². The summed E-state index contributed by atoms with van der Waals surface area (Å²) >= 11 is 0. The molecule has 0 fully saturated rings. The van der Waals surface area contributed by atoms with Crippen molar-refractivity contribution in [1.29, 1.82) is 0 Å². The van der Waals surface area contributed by atoms with E-state index >= 15 is 0 Å². The lowest BCUT2D eigenvalue weighted by atomic mass is 10.3. The summed E-state index contributed by atoms with van der Waals surface area (Å²) < 4.78 is 1.77. The number of likely N-dealkylation sites (N-methyl/N-ethyl adjacent to an activating group) is 1. The molecule has 0 bridgehead atoms. The van der Waals surface area contributed by atoms with Crippen LogP contribution in [0.1, 0.15) is 0 Å². The maximum Gasteiger partial charge on any atom is 0.326 e. The Hall–Kier alpha value is -1.26. The minimum Gasteiger partial charge on any atom is -0.308 e. The van der Waals surface area contributed by atoms with Gasteiger partial charge in [0.05, 0.1) is 11.0 Å². The normalized spacial score (nSPS) is 10.7. The zero-order valence-corrected chi connectivity index (χ0v) is 10.3. The third-order valence-corrected chi connectivity index (χ3v) is 2.45. The van der Waals surface area contributed by atoms with Crippen molar-refractivity contribution in [3.05, 3.63) is 34.7 Å². The van der Waals surface area contributed by atoms with Gasteiger partial charge < -0.3 is 9.88 Å². The SMILES string of the molecule is CN(C)CCn1c(=O)[nH]c2ccccc21.Cl. The number of nitrogens with one attached hydrogen (secondary N) is 1. The van der Waals surface area contributed by atoms with Crippen LogP contribution in [-0.2, 0) is 6.54 Å². The van der Waals surface area contributed by atoms with E-state index < -0.39 is 0 Å². The molecule has 0 aliphatic heterocycles. The van der Waals surface area contributed by atoms with E-state index in [2.05, 4.69) is 9.88 Å². The summed E-state index contributed by atoms with van der Waals surface area (Å²) in [6.45, 7) is 1.58. The Labute approximate surface area is 100 Å². The van der Waals surface area contributed by atoms with E-state index in [1.807, 2.05) is 38.4 Å². The van der Waals surface area contributed by atoms with Gasteiger partial charge in [0.2, 0.25) is 0 Å². The van der Waals surface area contributed by atoms with Crippen LogP contribution in [0.2, 0.25) is 0 Å². The van der Waals surface area contributed by atoms with Crippen LogP contribution in [0, 0.1) is 0 Å². The topological polar surface area (TPSA) is 41.0 Å². The molecule has 0 unspecified atom stereocenters. The van der Waals surface area contributed by atoms with Crippen LogP contribution in [0.5, 0.6) is 0 Å². The molecule has 1 aromatic carbocycles. The number of H-pyrrole nitrogens is 1. The molecule has 5 heteroatoms. The van der Waals surface area contributed by atoms with Gasteiger partial charge in [-0.25, -0.2) is 4.79 Å². The molecule has 0 aliphatic rings. The lowest BCUT2D eigenvalue weighted by Crippen LogP contribution is -2.24. The maximum atomic E-state index is 11.6. The summed E-state index contributed by atoms with van der Waals surface area (Å²) in [6.07, 6.45) is 0. The molecular formula is C11H16ClN3O. The Morgan fingerprint density at radius 2 is 2.00 bits per heavy atom. The fraction of sp³-hybridized carbons (Fsp3) is 0.364. The molecule has 0 radical (unpaired) electrons. The smallest absolute Gasteiger partial charge is 0.308 e. The Bertz CT molecular complexity index is 515. The number of aromatic nitrogens is 2. The second-order valence-electron chi connectivity index (χ2n) is 3.90. The molecule has 2 aromatic rings. The van der Waals surface area contributed by atoms with Gasteiger partial charge >= 0.3 is 5.69 Å². The average Bonchev–Trinajstić information content (AvgIpc) is 2.50. The highest BCUT2D eigenvalue weighted by Gasteiger charge is 2.04. The number of halogens is 1. The van der Waals surface area contributed by atoms with Crippen molar-refractivity contribution in [3.63, 3.8) is 0 Å². The van der Waals surface area contributed by atoms with Gasteiger partial charge in [-0.2, -0.15) is 0 Å². The second kappa shape index (κ2) is 5.18. The van der Waals surface area contributed by atoms with Gasteiger partial charge in [0.15, 0.2) is 0 Å². The van der Waals surface area contributed by atoms with E-state index in [0.29, 0.717) is 0 Å². The zero-order valence-electron chi connectivity index (χ0n) is 9.43. The Balaban J connectivity index is 0.00000128. The highest BCUT2D eigenvalue weighted by molar-refractivity contribution is 5.85. The number of rotatable bonds is 3. The molecule has 88 valence electrons. The number of benzene rings is 1. The first kappa shape index (κ1) is 12.8. The number of aromatic amines is 1. The van der Waals surface area contributed by atoms with Crippen molar-refractivity contribution >= 4 is 23.4 Å². The lowest BCUT2D eigenvalue weighted by Gasteiger charge is -2.09. The van der Waals surface area contributed by atoms with Gasteiger partial charge in [0.1, 0.15) is 0 Å². The molecule has 0 amide bonds. The standard InChI is InChI=1S/C11H15N3O.ClH/c1-13(2)7-8-14-10-6-4-3-5-9(10)12-11(14)15;/h3-6H,7-8H2,1-2H3,(H,12,15);1H. The number of imidazole rings is 1. The van der Waals surface area contributed by atoms with Crippen molar-refractivity contribution in [1.82, 2.24) is 14.5 Å². The van der Waals surface area contributed by atoms with E-state index in [9.17, 15) is 4.79 Å². The molecule has 16 heavy (non-hydrogen) atoms. The van der Waals surface area contributed by atoms with Gasteiger partial charge in [0, 0.05) is 13.1 Å². The van der Waals surface area contributed by atoms with Crippen LogP contribution >= 0.6 is 12.4 Å². The minimum atomic E-state index is -0.0296. The number of hydrogen-bond acceptors (Lipinski definition) is 2. The van der Waals surface area contributed by atoms with Gasteiger partial charge in [0.25, 0.3) is 0 Å². The first-order valence-electron chi connectivity index (χ1n) is 5.01. The summed E-state index contributed by atoms with van der Waals surface area (Å²) in [5.74, 6) is 0. The van der Waals surface area contributed by atoms with Crippen molar-refractivity contribution in [2.75, 3.05) is 20.6 Å². The van der Waals surface area contributed by atoms with E-state index in [1.165, 1.54) is 0 Å². The second-order valence-corrected chi connectivity index (χ2v) is 3.90. The van der Waals surface area contributed by atoms with Gasteiger partial charge in [-0.05, 0) is 26.2 Å². The van der Waals surface area contributed by atoms with Crippen LogP contribution in [0.3, 0.4) is 0 Å². The van der Waals surface area contributed by atoms with Crippen LogP contribution in [-0.4, -0.2) is 35.1 Å². The zero-order chi connectivity index (χ0) is 10.8. The molecule has 1 heterocycles. The Morgan fingerprint density at radius 3 is 2.69 bits per heavy atom. The van der Waals surface area contributed by atoms with Crippen molar-refractivity contribution in [2.45, 2.75) is 6.54 Å². The van der Waals surface area contributed by atoms with Crippen molar-refractivity contribution in [2.24, 2.45) is 0 Å². The monoisotopic (exact) mass is 241 g/mol. The van der Waals surface area contributed by atoms with Gasteiger partial charge in [-0.3, -0.25) is 4.57 Å². The summed E-state index contributed by atoms with van der Waals surface area (Å²) in [7, 11) is 4.00. The first-order valence-corrected chi connectivity index (χ1v) is 5.01. The molecule has 1 aromatic heterocycles. The molecule has 0 aliphatic carbocycles. The van der Waals surface area contributed by atoms with Gasteiger partial charge in [-0.1, -0.05) is 12.1 Å². The largest absolute Gasteiger partial charge is 0.326 e. The van der Waals surface area contributed by atoms with E-state index in [-0.39, 0.29) is 18.1 Å². The van der Waals surface area contributed by atoms with Gasteiger partial charge in [-0.15, -0.1) is 12.4 Å². The molecule has 1 N–H and O–H groups in total. The Morgan fingerprint density at radius 1 is 1.31 bits per heavy atom. The van der Waals surface area contributed by atoms with Crippen LogP contribution in [0.15, 0.2) is 29.1 Å². The molecule has 4 nitrogen and oxygen atoms in total. The van der Waals surface area contributed by atoms with Crippen LogP contribution in [0.25, 0.3) is 11.0 Å². The maximum absolute atomic E-state index is 11.6. The molecule has 0 saturated heterocycles. The summed E-state index contributed by atoms with van der Waals surface area (Å²) in [4.78, 5) is 16.5. The van der Waals surface area contributed by atoms with E-state index in [1.54, 1.807) is 4.57 Å². The highest BCUT2D eigenvalue weighted by atomic mass is 35.5. The molecule has 2 rings (SSSR count). The first-order chi connectivity index (χ1) is 7.18. The average molecular weight is 242 g/mol. The van der Waals surface area contributed by atoms with Crippen LogP contribution in [0.4, 0.5) is 0 Å². The number of para-hydroxylation sites is 2. The fourth-order valence-corrected chi connectivity index (χ4v) is 1.63. The van der Waals surface area contributed by atoms with Crippen LogP contribution < -0.4 is 5.69 Å². The van der Waals surface area contributed by atoms with E-state index in [4.69, 9.17) is 0 Å². The van der Waals surface area contributed by atoms with Crippen molar-refractivity contribution < 1.29 is 0 Å². The molecule has 0 spiro atoms. The summed E-state index contributed by atoms with van der Waals surface area (Å²) in [6, 6.07) is 7.75. The fourth-order valence-electron chi connectivity index (χ4n) is 1.63. The minimum absolute atomic E-state index is 0. The third-order valence-electron chi connectivity index (χ3n) is 2.45. The number of nitrogens with zero attached hydrogens (tertiary/aromatic N) is 2. The quantitative estimate of drug-likeness (QED) is 0.881. The Kier molecular flexibility index (Phi) is 4.15. The molecular weight excluding hydrogens is 226 g/mol. The lowest BCUT2D eigenvalue weighted by molar-refractivity contribution is 0.384. The number of fused-ring (bicyclic) bond motifs is 1. The van der Waals surface area contributed by atoms with Crippen molar-refractivity contribution in [3.8, 4) is 0 Å². The summed E-state index contributed by atoms with van der Waals surface area (Å²) in [5, 5.41) is 0. The third kappa shape index (κ3) is 2.46. The molecule has 0 saturated carbocycles. The highest BCUT2D eigenvalue weighted by Crippen LogP contribution is 2.08. The summed E-state index contributed by atoms with van der Waals surface area (Å²) in [5.41, 5.74) is 1.85.